The van der Waals surface area contributed by atoms with E-state index in [-0.39, 0.29) is 11.8 Å². The summed E-state index contributed by atoms with van der Waals surface area (Å²) in [6.45, 7) is 1.94. The summed E-state index contributed by atoms with van der Waals surface area (Å²) in [5, 5.41) is 6.19. The Bertz CT molecular complexity index is 697. The van der Waals surface area contributed by atoms with E-state index in [4.69, 9.17) is 9.47 Å². The molecular weight excluding hydrogens is 318 g/mol. The van der Waals surface area contributed by atoms with E-state index < -0.39 is 0 Å². The van der Waals surface area contributed by atoms with Crippen LogP contribution in [0.5, 0.6) is 5.75 Å². The standard InChI is InChI=1S/C19H23N3O3/c1-24-17-5-3-2-4-15(17)12-20-16-6-7-18(21-13-16)22-19(23)14-8-10-25-11-9-14/h2-7,13-14,20H,8-12H2,1H3,(H,21,22,23). The normalized spacial score (nSPS) is 14.8. The summed E-state index contributed by atoms with van der Waals surface area (Å²) in [5.74, 6) is 1.45. The molecule has 2 N–H and O–H groups in total. The smallest absolute Gasteiger partial charge is 0.228 e. The third-order valence-electron chi connectivity index (χ3n) is 4.28. The fraction of sp³-hybridized carbons (Fsp3) is 0.368. The van der Waals surface area contributed by atoms with Gasteiger partial charge in [-0.05, 0) is 31.0 Å². The molecule has 0 aliphatic carbocycles. The highest BCUT2D eigenvalue weighted by Crippen LogP contribution is 2.20. The molecule has 2 aromatic rings. The molecule has 6 heteroatoms. The van der Waals surface area contributed by atoms with Crippen molar-refractivity contribution >= 4 is 17.4 Å². The molecule has 1 aromatic heterocycles. The number of methoxy groups -OCH3 is 1. The van der Waals surface area contributed by atoms with E-state index in [1.54, 1.807) is 13.3 Å². The molecule has 1 aliphatic heterocycles. The number of hydrogen-bond donors (Lipinski definition) is 2. The number of ether oxygens (including phenoxy) is 2. The number of rotatable bonds is 6. The van der Waals surface area contributed by atoms with Crippen molar-refractivity contribution in [1.29, 1.82) is 0 Å². The molecule has 1 amide bonds. The topological polar surface area (TPSA) is 72.5 Å². The maximum Gasteiger partial charge on any atom is 0.228 e. The van der Waals surface area contributed by atoms with Crippen molar-refractivity contribution in [3.63, 3.8) is 0 Å². The molecule has 0 saturated carbocycles. The number of anilines is 2. The fourth-order valence-electron chi connectivity index (χ4n) is 2.81. The molecule has 3 rings (SSSR count). The SMILES string of the molecule is COc1ccccc1CNc1ccc(NC(=O)C2CCOCC2)nc1. The van der Waals surface area contributed by atoms with Crippen LogP contribution in [0.15, 0.2) is 42.6 Å². The molecular formula is C19H23N3O3. The lowest BCUT2D eigenvalue weighted by Crippen LogP contribution is -2.28. The summed E-state index contributed by atoms with van der Waals surface area (Å²) in [6.07, 6.45) is 3.25. The Labute approximate surface area is 147 Å². The Kier molecular flexibility index (Phi) is 5.85. The molecule has 25 heavy (non-hydrogen) atoms. The van der Waals surface area contributed by atoms with Crippen LogP contribution in [0.1, 0.15) is 18.4 Å². The summed E-state index contributed by atoms with van der Waals surface area (Å²) < 4.78 is 10.6. The third-order valence-corrected chi connectivity index (χ3v) is 4.28. The largest absolute Gasteiger partial charge is 0.496 e. The molecule has 0 atom stereocenters. The van der Waals surface area contributed by atoms with Crippen LogP contribution in [-0.2, 0) is 16.1 Å². The number of carbonyl (C=O) groups is 1. The number of nitrogens with one attached hydrogen (secondary N) is 2. The molecule has 0 radical (unpaired) electrons. The average Bonchev–Trinajstić information content (AvgIpc) is 2.68. The van der Waals surface area contributed by atoms with Crippen molar-refractivity contribution in [3.8, 4) is 5.75 Å². The zero-order chi connectivity index (χ0) is 17.5. The molecule has 1 saturated heterocycles. The van der Waals surface area contributed by atoms with E-state index in [1.807, 2.05) is 36.4 Å². The van der Waals surface area contributed by atoms with Crippen molar-refractivity contribution in [2.45, 2.75) is 19.4 Å². The van der Waals surface area contributed by atoms with Crippen LogP contribution in [0.4, 0.5) is 11.5 Å². The van der Waals surface area contributed by atoms with Gasteiger partial charge in [-0.2, -0.15) is 0 Å². The number of carbonyl (C=O) groups excluding carboxylic acids is 1. The van der Waals surface area contributed by atoms with Crippen LogP contribution >= 0.6 is 0 Å². The Morgan fingerprint density at radius 3 is 2.76 bits per heavy atom. The van der Waals surface area contributed by atoms with Crippen LogP contribution in [0.25, 0.3) is 0 Å². The van der Waals surface area contributed by atoms with E-state index in [2.05, 4.69) is 15.6 Å². The quantitative estimate of drug-likeness (QED) is 0.845. The van der Waals surface area contributed by atoms with Crippen LogP contribution in [0.2, 0.25) is 0 Å². The van der Waals surface area contributed by atoms with Crippen LogP contribution in [0.3, 0.4) is 0 Å². The maximum atomic E-state index is 12.2. The fourth-order valence-corrected chi connectivity index (χ4v) is 2.81. The third kappa shape index (κ3) is 4.70. The van der Waals surface area contributed by atoms with Crippen molar-refractivity contribution in [2.75, 3.05) is 31.0 Å². The zero-order valence-electron chi connectivity index (χ0n) is 14.3. The number of pyridine rings is 1. The lowest BCUT2D eigenvalue weighted by Gasteiger charge is -2.20. The molecule has 1 fully saturated rings. The van der Waals surface area contributed by atoms with Crippen molar-refractivity contribution in [1.82, 2.24) is 4.98 Å². The lowest BCUT2D eigenvalue weighted by atomic mass is 9.99. The lowest BCUT2D eigenvalue weighted by molar-refractivity contribution is -0.122. The monoisotopic (exact) mass is 341 g/mol. The van der Waals surface area contributed by atoms with Crippen LogP contribution in [-0.4, -0.2) is 31.2 Å². The number of benzene rings is 1. The van der Waals surface area contributed by atoms with Gasteiger partial charge < -0.3 is 20.1 Å². The van der Waals surface area contributed by atoms with Crippen molar-refractivity contribution < 1.29 is 14.3 Å². The molecule has 132 valence electrons. The van der Waals surface area contributed by atoms with E-state index in [0.29, 0.717) is 25.6 Å². The number of hydrogen-bond acceptors (Lipinski definition) is 5. The first-order chi connectivity index (χ1) is 12.3. The minimum Gasteiger partial charge on any atom is -0.496 e. The van der Waals surface area contributed by atoms with E-state index in [9.17, 15) is 4.79 Å². The second kappa shape index (κ2) is 8.48. The second-order valence-electron chi connectivity index (χ2n) is 5.97. The van der Waals surface area contributed by atoms with E-state index in [0.717, 1.165) is 29.8 Å². The highest BCUT2D eigenvalue weighted by molar-refractivity contribution is 5.91. The van der Waals surface area contributed by atoms with Crippen LogP contribution < -0.4 is 15.4 Å². The molecule has 1 aromatic carbocycles. The Balaban J connectivity index is 1.54. The molecule has 0 unspecified atom stereocenters. The zero-order valence-corrected chi connectivity index (χ0v) is 14.3. The maximum absolute atomic E-state index is 12.2. The summed E-state index contributed by atoms with van der Waals surface area (Å²) in [5.41, 5.74) is 1.96. The van der Waals surface area contributed by atoms with Gasteiger partial charge in [0.2, 0.25) is 5.91 Å². The van der Waals surface area contributed by atoms with Gasteiger partial charge in [0.05, 0.1) is 19.0 Å². The van der Waals surface area contributed by atoms with E-state index in [1.165, 1.54) is 0 Å². The van der Waals surface area contributed by atoms with Gasteiger partial charge in [0.25, 0.3) is 0 Å². The number of nitrogens with zero attached hydrogens (tertiary/aromatic N) is 1. The highest BCUT2D eigenvalue weighted by Gasteiger charge is 2.21. The minimum absolute atomic E-state index is 0.0129. The van der Waals surface area contributed by atoms with Gasteiger partial charge >= 0.3 is 0 Å². The van der Waals surface area contributed by atoms with Gasteiger partial charge in [-0.15, -0.1) is 0 Å². The predicted octanol–water partition coefficient (Wildman–Crippen LogP) is 3.07. The second-order valence-corrected chi connectivity index (χ2v) is 5.97. The first-order valence-electron chi connectivity index (χ1n) is 8.46. The van der Waals surface area contributed by atoms with Crippen molar-refractivity contribution in [3.05, 3.63) is 48.2 Å². The Hall–Kier alpha value is -2.60. The number of amides is 1. The highest BCUT2D eigenvalue weighted by atomic mass is 16.5. The molecule has 0 spiro atoms. The minimum atomic E-state index is 0.0129. The predicted molar refractivity (Wildman–Crippen MR) is 96.7 cm³/mol. The first kappa shape index (κ1) is 17.2. The number of para-hydroxylation sites is 1. The van der Waals surface area contributed by atoms with Crippen LogP contribution in [0, 0.1) is 5.92 Å². The van der Waals surface area contributed by atoms with Gasteiger partial charge in [0, 0.05) is 31.2 Å². The molecule has 0 bridgehead atoms. The number of aromatic nitrogens is 1. The van der Waals surface area contributed by atoms with Gasteiger partial charge in [0.1, 0.15) is 11.6 Å². The summed E-state index contributed by atoms with van der Waals surface area (Å²) in [6, 6.07) is 11.6. The molecule has 6 nitrogen and oxygen atoms in total. The van der Waals surface area contributed by atoms with Gasteiger partial charge in [0.15, 0.2) is 0 Å². The Morgan fingerprint density at radius 2 is 2.04 bits per heavy atom. The summed E-state index contributed by atoms with van der Waals surface area (Å²) in [4.78, 5) is 16.5. The van der Waals surface area contributed by atoms with Gasteiger partial charge in [-0.1, -0.05) is 18.2 Å². The van der Waals surface area contributed by atoms with Gasteiger partial charge in [-0.25, -0.2) is 4.98 Å². The molecule has 2 heterocycles. The Morgan fingerprint density at radius 1 is 1.24 bits per heavy atom. The average molecular weight is 341 g/mol. The first-order valence-corrected chi connectivity index (χ1v) is 8.46. The summed E-state index contributed by atoms with van der Waals surface area (Å²) in [7, 11) is 1.66. The van der Waals surface area contributed by atoms with Crippen molar-refractivity contribution in [2.24, 2.45) is 5.92 Å². The van der Waals surface area contributed by atoms with Gasteiger partial charge in [-0.3, -0.25) is 4.79 Å². The molecule has 1 aliphatic rings. The summed E-state index contributed by atoms with van der Waals surface area (Å²) >= 11 is 0. The van der Waals surface area contributed by atoms with E-state index >= 15 is 0 Å².